The minimum absolute atomic E-state index is 0.0211. The Morgan fingerprint density at radius 2 is 2.00 bits per heavy atom. The number of para-hydroxylation sites is 1. The summed E-state index contributed by atoms with van der Waals surface area (Å²) in [6.07, 6.45) is 0.500. The lowest BCUT2D eigenvalue weighted by Gasteiger charge is -2.17. The molecule has 0 heterocycles. The fraction of sp³-hybridized carbons (Fsp3) is 0.429. The predicted molar refractivity (Wildman–Crippen MR) is 81.8 cm³/mol. The molecule has 0 spiro atoms. The first-order chi connectivity index (χ1) is 9.56. The summed E-state index contributed by atoms with van der Waals surface area (Å²) in [5.41, 5.74) is 6.48. The highest BCUT2D eigenvalue weighted by atomic mass is 32.2. The molecule has 0 aliphatic rings. The molecule has 0 aliphatic carbocycles. The van der Waals surface area contributed by atoms with Crippen LogP contribution in [0.25, 0.3) is 0 Å². The number of carbonyl (C=O) groups is 2. The zero-order valence-electron chi connectivity index (χ0n) is 11.7. The quantitative estimate of drug-likeness (QED) is 0.606. The highest BCUT2D eigenvalue weighted by molar-refractivity contribution is 7.99. The van der Waals surface area contributed by atoms with Gasteiger partial charge in [0.05, 0.1) is 12.9 Å². The van der Waals surface area contributed by atoms with E-state index < -0.39 is 12.0 Å². The third-order valence-corrected chi connectivity index (χ3v) is 3.80. The summed E-state index contributed by atoms with van der Waals surface area (Å²) in [5.74, 6) is 0.607. The van der Waals surface area contributed by atoms with Crippen LogP contribution < -0.4 is 10.6 Å². The van der Waals surface area contributed by atoms with Gasteiger partial charge in [0.15, 0.2) is 0 Å². The van der Waals surface area contributed by atoms with Gasteiger partial charge in [-0.2, -0.15) is 11.8 Å². The van der Waals surface area contributed by atoms with Crippen LogP contribution in [0.1, 0.15) is 6.42 Å². The van der Waals surface area contributed by atoms with Crippen molar-refractivity contribution in [2.45, 2.75) is 12.5 Å². The molecular formula is C14H20N2O3S. The van der Waals surface area contributed by atoms with Crippen molar-refractivity contribution < 1.29 is 14.3 Å². The largest absolute Gasteiger partial charge is 0.468 e. The van der Waals surface area contributed by atoms with Gasteiger partial charge in [0, 0.05) is 12.7 Å². The van der Waals surface area contributed by atoms with Crippen LogP contribution in [0, 0.1) is 0 Å². The van der Waals surface area contributed by atoms with E-state index in [9.17, 15) is 9.59 Å². The van der Waals surface area contributed by atoms with E-state index in [0.717, 1.165) is 5.69 Å². The Kier molecular flexibility index (Phi) is 7.11. The summed E-state index contributed by atoms with van der Waals surface area (Å²) in [4.78, 5) is 24.7. The molecule has 0 aliphatic heterocycles. The van der Waals surface area contributed by atoms with Crippen LogP contribution in [-0.4, -0.2) is 43.6 Å². The molecule has 1 amide bonds. The molecule has 110 valence electrons. The van der Waals surface area contributed by atoms with Crippen molar-refractivity contribution in [3.05, 3.63) is 30.3 Å². The van der Waals surface area contributed by atoms with Gasteiger partial charge in [0.2, 0.25) is 5.91 Å². The average molecular weight is 296 g/mol. The molecule has 2 N–H and O–H groups in total. The molecular weight excluding hydrogens is 276 g/mol. The molecule has 0 bridgehead atoms. The van der Waals surface area contributed by atoms with Crippen molar-refractivity contribution in [3.8, 4) is 0 Å². The van der Waals surface area contributed by atoms with Crippen molar-refractivity contribution in [1.29, 1.82) is 0 Å². The van der Waals surface area contributed by atoms with Crippen molar-refractivity contribution in [3.63, 3.8) is 0 Å². The monoisotopic (exact) mass is 296 g/mol. The fourth-order valence-electron chi connectivity index (χ4n) is 1.53. The minimum atomic E-state index is -0.616. The second kappa shape index (κ2) is 8.60. The molecule has 5 nitrogen and oxygen atoms in total. The minimum Gasteiger partial charge on any atom is -0.468 e. The number of rotatable bonds is 7. The molecule has 1 atom stereocenters. The second-order valence-corrected chi connectivity index (χ2v) is 5.36. The van der Waals surface area contributed by atoms with E-state index in [2.05, 4.69) is 4.74 Å². The van der Waals surface area contributed by atoms with Gasteiger partial charge in [-0.25, -0.2) is 0 Å². The summed E-state index contributed by atoms with van der Waals surface area (Å²) in [7, 11) is 3.06. The maximum atomic E-state index is 12.0. The van der Waals surface area contributed by atoms with Crippen LogP contribution in [0.5, 0.6) is 0 Å². The number of nitrogens with two attached hydrogens (primary N) is 1. The van der Waals surface area contributed by atoms with Gasteiger partial charge in [-0.15, -0.1) is 0 Å². The lowest BCUT2D eigenvalue weighted by molar-refractivity contribution is -0.142. The Morgan fingerprint density at radius 3 is 2.60 bits per heavy atom. The summed E-state index contributed by atoms with van der Waals surface area (Å²) >= 11 is 1.46. The van der Waals surface area contributed by atoms with Gasteiger partial charge in [-0.1, -0.05) is 18.2 Å². The van der Waals surface area contributed by atoms with E-state index in [-0.39, 0.29) is 5.91 Å². The van der Waals surface area contributed by atoms with Crippen LogP contribution in [0.15, 0.2) is 30.3 Å². The molecule has 0 fully saturated rings. The van der Waals surface area contributed by atoms with Crippen molar-refractivity contribution in [1.82, 2.24) is 0 Å². The number of esters is 1. The van der Waals surface area contributed by atoms with Gasteiger partial charge >= 0.3 is 5.97 Å². The average Bonchev–Trinajstić information content (AvgIpc) is 2.50. The number of nitrogens with zero attached hydrogens (tertiary/aromatic N) is 1. The SMILES string of the molecule is COC(=O)C(N)CCSCC(=O)N(C)c1ccccc1. The summed E-state index contributed by atoms with van der Waals surface area (Å²) in [6.45, 7) is 0. The fourth-order valence-corrected chi connectivity index (χ4v) is 2.46. The number of amides is 1. The van der Waals surface area contributed by atoms with Gasteiger partial charge in [-0.3, -0.25) is 9.59 Å². The number of thioether (sulfide) groups is 1. The molecule has 20 heavy (non-hydrogen) atoms. The maximum absolute atomic E-state index is 12.0. The van der Waals surface area contributed by atoms with Crippen LogP contribution in [0.4, 0.5) is 5.69 Å². The lowest BCUT2D eigenvalue weighted by Crippen LogP contribution is -2.32. The first kappa shape index (κ1) is 16.5. The predicted octanol–water partition coefficient (Wildman–Crippen LogP) is 1.27. The number of benzene rings is 1. The summed E-state index contributed by atoms with van der Waals surface area (Å²) in [6, 6.07) is 8.84. The van der Waals surface area contributed by atoms with E-state index in [1.807, 2.05) is 30.3 Å². The molecule has 1 rings (SSSR count). The molecule has 1 aromatic carbocycles. The highest BCUT2D eigenvalue weighted by Crippen LogP contribution is 2.13. The van der Waals surface area contributed by atoms with Gasteiger partial charge < -0.3 is 15.4 Å². The normalized spacial score (nSPS) is 11.8. The molecule has 1 aromatic rings. The van der Waals surface area contributed by atoms with E-state index in [4.69, 9.17) is 5.73 Å². The zero-order valence-corrected chi connectivity index (χ0v) is 12.6. The summed E-state index contributed by atoms with van der Waals surface area (Å²) in [5, 5.41) is 0. The number of methoxy groups -OCH3 is 1. The summed E-state index contributed by atoms with van der Waals surface area (Å²) < 4.78 is 4.54. The molecule has 0 aromatic heterocycles. The third-order valence-electron chi connectivity index (χ3n) is 2.82. The van der Waals surface area contributed by atoms with Crippen LogP contribution >= 0.6 is 11.8 Å². The first-order valence-corrected chi connectivity index (χ1v) is 7.44. The standard InChI is InChI=1S/C14H20N2O3S/c1-16(11-6-4-3-5-7-11)13(17)10-20-9-8-12(15)14(18)19-2/h3-7,12H,8-10,15H2,1-2H3. The highest BCUT2D eigenvalue weighted by Gasteiger charge is 2.14. The maximum Gasteiger partial charge on any atom is 0.322 e. The molecule has 6 heteroatoms. The van der Waals surface area contributed by atoms with Crippen LogP contribution in [0.2, 0.25) is 0 Å². The Labute approximate surface area is 123 Å². The van der Waals surface area contributed by atoms with E-state index in [1.54, 1.807) is 11.9 Å². The Hall–Kier alpha value is -1.53. The van der Waals surface area contributed by atoms with E-state index in [1.165, 1.54) is 18.9 Å². The first-order valence-electron chi connectivity index (χ1n) is 6.29. The lowest BCUT2D eigenvalue weighted by atomic mass is 10.2. The van der Waals surface area contributed by atoms with Gasteiger partial charge in [0.25, 0.3) is 0 Å². The topological polar surface area (TPSA) is 72.6 Å². The number of anilines is 1. The number of carbonyl (C=O) groups excluding carboxylic acids is 2. The third kappa shape index (κ3) is 5.22. The Morgan fingerprint density at radius 1 is 1.35 bits per heavy atom. The van der Waals surface area contributed by atoms with Gasteiger partial charge in [0.1, 0.15) is 6.04 Å². The number of hydrogen-bond acceptors (Lipinski definition) is 5. The molecule has 1 unspecified atom stereocenters. The molecule has 0 saturated heterocycles. The molecule has 0 radical (unpaired) electrons. The van der Waals surface area contributed by atoms with E-state index in [0.29, 0.717) is 17.9 Å². The number of ether oxygens (including phenoxy) is 1. The van der Waals surface area contributed by atoms with Crippen molar-refractivity contribution >= 4 is 29.3 Å². The number of hydrogen-bond donors (Lipinski definition) is 1. The Bertz CT molecular complexity index is 439. The van der Waals surface area contributed by atoms with Gasteiger partial charge in [-0.05, 0) is 24.3 Å². The van der Waals surface area contributed by atoms with Crippen LogP contribution in [0.3, 0.4) is 0 Å². The van der Waals surface area contributed by atoms with Crippen molar-refractivity contribution in [2.75, 3.05) is 30.6 Å². The smallest absolute Gasteiger partial charge is 0.322 e. The molecule has 0 saturated carbocycles. The zero-order chi connectivity index (χ0) is 15.0. The Balaban J connectivity index is 2.28. The van der Waals surface area contributed by atoms with Crippen LogP contribution in [-0.2, 0) is 14.3 Å². The second-order valence-electron chi connectivity index (χ2n) is 4.26. The van der Waals surface area contributed by atoms with Crippen molar-refractivity contribution in [2.24, 2.45) is 5.73 Å². The van der Waals surface area contributed by atoms with E-state index >= 15 is 0 Å².